The highest BCUT2D eigenvalue weighted by Gasteiger charge is 2.35. The Bertz CT molecular complexity index is 1280. The molecule has 3 aromatic rings. The maximum Gasteiger partial charge on any atom is 0.573 e. The lowest BCUT2D eigenvalue weighted by Gasteiger charge is -2.13. The molecule has 0 aliphatic carbocycles. The van der Waals surface area contributed by atoms with Crippen molar-refractivity contribution in [2.24, 2.45) is 0 Å². The molecule has 0 unspecified atom stereocenters. The summed E-state index contributed by atoms with van der Waals surface area (Å²) in [6, 6.07) is 8.51. The van der Waals surface area contributed by atoms with Gasteiger partial charge in [0.1, 0.15) is 10.6 Å². The number of nitrogens with one attached hydrogen (secondary N) is 1. The van der Waals surface area contributed by atoms with E-state index in [0.717, 1.165) is 18.2 Å². The molecule has 0 aliphatic heterocycles. The fourth-order valence-corrected chi connectivity index (χ4v) is 4.32. The number of para-hydroxylation sites is 1. The Kier molecular flexibility index (Phi) is 6.67. The zero-order valence-corrected chi connectivity index (χ0v) is 18.3. The topological polar surface area (TPSA) is 103 Å². The first-order valence-corrected chi connectivity index (χ1v) is 11.0. The average molecular weight is 509 g/mol. The second-order valence-electron chi connectivity index (χ2n) is 6.17. The Hall–Kier alpha value is -2.83. The molecule has 0 saturated carbocycles. The van der Waals surface area contributed by atoms with Crippen LogP contribution in [0.15, 0.2) is 47.4 Å². The van der Waals surface area contributed by atoms with Crippen molar-refractivity contribution in [3.8, 4) is 11.4 Å². The summed E-state index contributed by atoms with van der Waals surface area (Å²) >= 11 is 12.0. The summed E-state index contributed by atoms with van der Waals surface area (Å²) in [5.74, 6) is -2.19. The first kappa shape index (κ1) is 23.8. The van der Waals surface area contributed by atoms with E-state index >= 15 is 0 Å². The smallest absolute Gasteiger partial charge is 0.404 e. The standard InChI is InChI=1S/C18H13Cl2F3N4O4S/c1-2-12-16(24-26-27(12)13-8-7-10(19)9-11(13)20)17(28)25-32(29,30)15-6-4-3-5-14(15)31-18(21,22)23/h3-9H,2H2,1H3,(H,25,28). The molecule has 0 aliphatic rings. The van der Waals surface area contributed by atoms with Crippen LogP contribution in [0.25, 0.3) is 5.69 Å². The number of nitrogens with zero attached hydrogens (tertiary/aromatic N) is 3. The molecule has 0 saturated heterocycles. The Labute approximate surface area is 189 Å². The fraction of sp³-hybridized carbons (Fsp3) is 0.167. The SMILES string of the molecule is CCc1c(C(=O)NS(=O)(=O)c2ccccc2OC(F)(F)F)nnn1-c1ccc(Cl)cc1Cl. The van der Waals surface area contributed by atoms with Crippen molar-refractivity contribution < 1.29 is 31.1 Å². The number of halogens is 5. The van der Waals surface area contributed by atoms with Gasteiger partial charge in [-0.05, 0) is 36.8 Å². The number of rotatable bonds is 6. The van der Waals surface area contributed by atoms with Gasteiger partial charge in [-0.2, -0.15) is 0 Å². The van der Waals surface area contributed by atoms with E-state index < -0.39 is 32.9 Å². The molecule has 0 radical (unpaired) electrons. The van der Waals surface area contributed by atoms with Gasteiger partial charge in [-0.1, -0.05) is 47.5 Å². The van der Waals surface area contributed by atoms with E-state index in [1.165, 1.54) is 28.9 Å². The van der Waals surface area contributed by atoms with Crippen molar-refractivity contribution in [3.05, 3.63) is 63.9 Å². The van der Waals surface area contributed by atoms with E-state index in [1.807, 2.05) is 0 Å². The van der Waals surface area contributed by atoms with Gasteiger partial charge < -0.3 is 4.74 Å². The Morgan fingerprint density at radius 1 is 1.19 bits per heavy atom. The van der Waals surface area contributed by atoms with Crippen LogP contribution in [-0.2, 0) is 16.4 Å². The number of ether oxygens (including phenoxy) is 1. The zero-order valence-electron chi connectivity index (χ0n) is 16.0. The minimum atomic E-state index is -5.13. The molecule has 2 aromatic carbocycles. The van der Waals surface area contributed by atoms with E-state index in [9.17, 15) is 26.4 Å². The van der Waals surface area contributed by atoms with E-state index in [0.29, 0.717) is 10.7 Å². The molecule has 170 valence electrons. The number of sulfonamides is 1. The van der Waals surface area contributed by atoms with E-state index in [-0.39, 0.29) is 22.8 Å². The Morgan fingerprint density at radius 2 is 1.88 bits per heavy atom. The first-order valence-electron chi connectivity index (χ1n) is 8.75. The predicted molar refractivity (Wildman–Crippen MR) is 109 cm³/mol. The maximum absolute atomic E-state index is 12.7. The molecule has 1 N–H and O–H groups in total. The van der Waals surface area contributed by atoms with Gasteiger partial charge in [0.25, 0.3) is 15.9 Å². The Morgan fingerprint density at radius 3 is 2.50 bits per heavy atom. The molecular weight excluding hydrogens is 496 g/mol. The molecule has 14 heteroatoms. The fourth-order valence-electron chi connectivity index (χ4n) is 2.75. The minimum Gasteiger partial charge on any atom is -0.404 e. The van der Waals surface area contributed by atoms with Crippen LogP contribution >= 0.6 is 23.2 Å². The molecule has 32 heavy (non-hydrogen) atoms. The molecule has 1 heterocycles. The summed E-state index contributed by atoms with van der Waals surface area (Å²) in [5, 5.41) is 8.13. The number of aromatic nitrogens is 3. The van der Waals surface area contributed by atoms with Gasteiger partial charge in [0.05, 0.1) is 16.4 Å². The molecule has 1 aromatic heterocycles. The largest absolute Gasteiger partial charge is 0.573 e. The van der Waals surface area contributed by atoms with E-state index in [4.69, 9.17) is 23.2 Å². The first-order chi connectivity index (χ1) is 14.9. The molecule has 0 spiro atoms. The van der Waals surface area contributed by atoms with Crippen molar-refractivity contribution in [2.45, 2.75) is 24.6 Å². The summed E-state index contributed by atoms with van der Waals surface area (Å²) in [4.78, 5) is 11.8. The summed E-state index contributed by atoms with van der Waals surface area (Å²) < 4.78 is 69.8. The quantitative estimate of drug-likeness (QED) is 0.536. The second-order valence-corrected chi connectivity index (χ2v) is 8.67. The predicted octanol–water partition coefficient (Wildman–Crippen LogP) is 4.15. The minimum absolute atomic E-state index is 0.197. The summed E-state index contributed by atoms with van der Waals surface area (Å²) in [6.07, 6.45) is -4.94. The molecular formula is C18H13Cl2F3N4O4S. The lowest BCUT2D eigenvalue weighted by molar-refractivity contribution is -0.275. The molecule has 0 bridgehead atoms. The second kappa shape index (κ2) is 8.96. The molecule has 0 atom stereocenters. The average Bonchev–Trinajstić information content (AvgIpc) is 3.10. The van der Waals surface area contributed by atoms with Crippen LogP contribution in [0.2, 0.25) is 10.0 Å². The maximum atomic E-state index is 12.7. The monoisotopic (exact) mass is 508 g/mol. The third kappa shape index (κ3) is 5.14. The van der Waals surface area contributed by atoms with Crippen LogP contribution < -0.4 is 9.46 Å². The number of hydrogen-bond acceptors (Lipinski definition) is 6. The van der Waals surface area contributed by atoms with Crippen molar-refractivity contribution >= 4 is 39.1 Å². The highest BCUT2D eigenvalue weighted by Crippen LogP contribution is 2.30. The van der Waals surface area contributed by atoms with Crippen molar-refractivity contribution in [1.29, 1.82) is 0 Å². The van der Waals surface area contributed by atoms with E-state index in [2.05, 4.69) is 15.0 Å². The third-order valence-corrected chi connectivity index (χ3v) is 5.95. The van der Waals surface area contributed by atoms with Gasteiger partial charge in [-0.15, -0.1) is 18.3 Å². The van der Waals surface area contributed by atoms with Gasteiger partial charge in [0.15, 0.2) is 5.69 Å². The molecule has 3 rings (SSSR count). The number of hydrogen-bond donors (Lipinski definition) is 1. The Balaban J connectivity index is 1.95. The van der Waals surface area contributed by atoms with Crippen molar-refractivity contribution in [3.63, 3.8) is 0 Å². The summed E-state index contributed by atoms with van der Waals surface area (Å²) in [5.41, 5.74) is 0.198. The zero-order chi connectivity index (χ0) is 23.7. The molecule has 0 fully saturated rings. The normalized spacial score (nSPS) is 11.9. The van der Waals surface area contributed by atoms with Gasteiger partial charge in [0.2, 0.25) is 0 Å². The van der Waals surface area contributed by atoms with Gasteiger partial charge in [-0.25, -0.2) is 17.8 Å². The molecule has 1 amide bonds. The summed E-state index contributed by atoms with van der Waals surface area (Å²) in [6.45, 7) is 1.66. The number of amides is 1. The van der Waals surface area contributed by atoms with Crippen molar-refractivity contribution in [1.82, 2.24) is 19.7 Å². The van der Waals surface area contributed by atoms with Crippen LogP contribution in [0.5, 0.6) is 5.75 Å². The number of carbonyl (C=O) groups excluding carboxylic acids is 1. The highest BCUT2D eigenvalue weighted by atomic mass is 35.5. The van der Waals surface area contributed by atoms with Crippen LogP contribution in [0, 0.1) is 0 Å². The third-order valence-electron chi connectivity index (χ3n) is 4.04. The van der Waals surface area contributed by atoms with Crippen LogP contribution in [-0.4, -0.2) is 35.7 Å². The van der Waals surface area contributed by atoms with Crippen molar-refractivity contribution in [2.75, 3.05) is 0 Å². The number of carbonyl (C=O) groups is 1. The number of benzene rings is 2. The van der Waals surface area contributed by atoms with Crippen LogP contribution in [0.1, 0.15) is 23.1 Å². The lowest BCUT2D eigenvalue weighted by atomic mass is 10.2. The van der Waals surface area contributed by atoms with Gasteiger partial charge in [-0.3, -0.25) is 4.79 Å². The highest BCUT2D eigenvalue weighted by molar-refractivity contribution is 7.90. The van der Waals surface area contributed by atoms with E-state index in [1.54, 1.807) is 11.6 Å². The van der Waals surface area contributed by atoms with Gasteiger partial charge >= 0.3 is 6.36 Å². The number of alkyl halides is 3. The summed E-state index contributed by atoms with van der Waals surface area (Å²) in [7, 11) is -4.75. The van der Waals surface area contributed by atoms with Gasteiger partial charge in [0, 0.05) is 5.02 Å². The molecule has 8 nitrogen and oxygen atoms in total. The van der Waals surface area contributed by atoms with Crippen LogP contribution in [0.3, 0.4) is 0 Å². The van der Waals surface area contributed by atoms with Crippen LogP contribution in [0.4, 0.5) is 13.2 Å². The lowest BCUT2D eigenvalue weighted by Crippen LogP contribution is -2.32.